The Kier molecular flexibility index (Phi) is 3.69. The first-order valence-electron chi connectivity index (χ1n) is 3.56. The number of thiophene rings is 1. The summed E-state index contributed by atoms with van der Waals surface area (Å²) in [5.74, 6) is 0.137. The molecule has 0 N–H and O–H groups in total. The van der Waals surface area contributed by atoms with Gasteiger partial charge in [-0.3, -0.25) is 4.79 Å². The van der Waals surface area contributed by atoms with Gasteiger partial charge < -0.3 is 0 Å². The predicted molar refractivity (Wildman–Crippen MR) is 57.2 cm³/mol. The minimum atomic E-state index is 0.137. The Balaban J connectivity index is 2.77. The van der Waals surface area contributed by atoms with Crippen LogP contribution < -0.4 is 0 Å². The van der Waals surface area contributed by atoms with Gasteiger partial charge in [0.15, 0.2) is 5.78 Å². The van der Waals surface area contributed by atoms with Crippen molar-refractivity contribution in [2.45, 2.75) is 6.92 Å². The molecule has 0 bridgehead atoms. The lowest BCUT2D eigenvalue weighted by molar-refractivity contribution is 0.102. The van der Waals surface area contributed by atoms with E-state index < -0.39 is 0 Å². The van der Waals surface area contributed by atoms with Gasteiger partial charge in [0, 0.05) is 5.33 Å². The second-order valence-corrected chi connectivity index (χ2v) is 3.92. The Bertz CT molecular complexity index is 301. The summed E-state index contributed by atoms with van der Waals surface area (Å²) in [4.78, 5) is 11.7. The molecule has 1 rings (SSSR count). The van der Waals surface area contributed by atoms with Gasteiger partial charge in [0.05, 0.1) is 4.88 Å². The van der Waals surface area contributed by atoms with Crippen molar-refractivity contribution in [3.63, 3.8) is 0 Å². The van der Waals surface area contributed by atoms with Crippen molar-refractivity contribution in [3.8, 4) is 0 Å². The highest BCUT2D eigenvalue weighted by Gasteiger charge is 2.00. The molecule has 1 nitrogen and oxygen atoms in total. The van der Waals surface area contributed by atoms with E-state index in [4.69, 9.17) is 0 Å². The van der Waals surface area contributed by atoms with E-state index in [0.717, 1.165) is 15.8 Å². The Morgan fingerprint density at radius 1 is 1.75 bits per heavy atom. The predicted octanol–water partition coefficient (Wildman–Crippen LogP) is 3.36. The van der Waals surface area contributed by atoms with Gasteiger partial charge in [0.1, 0.15) is 0 Å². The van der Waals surface area contributed by atoms with Crippen LogP contribution in [0.1, 0.15) is 22.2 Å². The van der Waals surface area contributed by atoms with Crippen LogP contribution in [0.4, 0.5) is 0 Å². The van der Waals surface area contributed by atoms with Crippen molar-refractivity contribution in [2.75, 3.05) is 5.33 Å². The molecule has 0 aliphatic rings. The fourth-order valence-electron chi connectivity index (χ4n) is 0.804. The van der Waals surface area contributed by atoms with E-state index in [2.05, 4.69) is 15.9 Å². The van der Waals surface area contributed by atoms with Crippen LogP contribution >= 0.6 is 27.3 Å². The highest BCUT2D eigenvalue weighted by molar-refractivity contribution is 9.09. The van der Waals surface area contributed by atoms with Crippen LogP contribution in [0.15, 0.2) is 17.5 Å². The van der Waals surface area contributed by atoms with E-state index in [1.54, 1.807) is 6.92 Å². The number of ketones is 1. The van der Waals surface area contributed by atoms with Crippen molar-refractivity contribution in [1.82, 2.24) is 0 Å². The number of Topliss-reactive ketones (excluding diaryl/α,β-unsaturated/α-hetero) is 1. The minimum absolute atomic E-state index is 0.137. The summed E-state index contributed by atoms with van der Waals surface area (Å²) in [7, 11) is 0. The molecule has 64 valence electrons. The molecule has 1 aromatic heterocycles. The maximum absolute atomic E-state index is 10.9. The molecule has 0 fully saturated rings. The van der Waals surface area contributed by atoms with Crippen LogP contribution in [0.5, 0.6) is 0 Å². The maximum atomic E-state index is 10.9. The van der Waals surface area contributed by atoms with E-state index in [-0.39, 0.29) is 5.78 Å². The summed E-state index contributed by atoms with van der Waals surface area (Å²) in [5.41, 5.74) is 1.10. The summed E-state index contributed by atoms with van der Waals surface area (Å²) in [6.07, 6.45) is 4.00. The van der Waals surface area contributed by atoms with Gasteiger partial charge in [-0.15, -0.1) is 11.3 Å². The van der Waals surface area contributed by atoms with Gasteiger partial charge in [0.25, 0.3) is 0 Å². The SMILES string of the molecule is CC(=O)c1cc(C=CCBr)cs1. The Morgan fingerprint density at radius 3 is 3.00 bits per heavy atom. The molecule has 3 heteroatoms. The van der Waals surface area contributed by atoms with Gasteiger partial charge >= 0.3 is 0 Å². The molecule has 0 aromatic carbocycles. The van der Waals surface area contributed by atoms with Crippen molar-refractivity contribution >= 4 is 39.1 Å². The van der Waals surface area contributed by atoms with Gasteiger partial charge in [0.2, 0.25) is 0 Å². The third-order valence-corrected chi connectivity index (χ3v) is 2.79. The zero-order valence-corrected chi connectivity index (χ0v) is 9.11. The molecule has 0 radical (unpaired) electrons. The summed E-state index contributed by atoms with van der Waals surface area (Å²) >= 11 is 4.78. The molecule has 1 aromatic rings. The first-order chi connectivity index (χ1) is 5.74. The van der Waals surface area contributed by atoms with Gasteiger partial charge in [-0.1, -0.05) is 28.1 Å². The van der Waals surface area contributed by atoms with Crippen LogP contribution in [0.3, 0.4) is 0 Å². The highest BCUT2D eigenvalue weighted by Crippen LogP contribution is 2.16. The fourth-order valence-corrected chi connectivity index (χ4v) is 1.77. The Hall–Kier alpha value is -0.410. The molecule has 0 atom stereocenters. The first-order valence-corrected chi connectivity index (χ1v) is 5.56. The number of hydrogen-bond acceptors (Lipinski definition) is 2. The maximum Gasteiger partial charge on any atom is 0.169 e. The van der Waals surface area contributed by atoms with E-state index >= 15 is 0 Å². The molecule has 12 heavy (non-hydrogen) atoms. The van der Waals surface area contributed by atoms with Crippen LogP contribution in [-0.4, -0.2) is 11.1 Å². The van der Waals surface area contributed by atoms with Crippen LogP contribution in [0.2, 0.25) is 0 Å². The Labute approximate surface area is 84.2 Å². The van der Waals surface area contributed by atoms with E-state index in [1.165, 1.54) is 11.3 Å². The van der Waals surface area contributed by atoms with Crippen molar-refractivity contribution in [2.24, 2.45) is 0 Å². The number of alkyl halides is 1. The van der Waals surface area contributed by atoms with Crippen molar-refractivity contribution in [3.05, 3.63) is 28.0 Å². The van der Waals surface area contributed by atoms with E-state index in [0.29, 0.717) is 0 Å². The van der Waals surface area contributed by atoms with Crippen molar-refractivity contribution in [1.29, 1.82) is 0 Å². The molecular weight excluding hydrogens is 236 g/mol. The molecule has 1 heterocycles. The number of allylic oxidation sites excluding steroid dienone is 1. The smallest absolute Gasteiger partial charge is 0.169 e. The molecule has 0 saturated carbocycles. The molecule has 0 aliphatic carbocycles. The number of hydrogen-bond donors (Lipinski definition) is 0. The number of rotatable bonds is 3. The zero-order valence-electron chi connectivity index (χ0n) is 6.71. The summed E-state index contributed by atoms with van der Waals surface area (Å²) in [6, 6.07) is 1.91. The van der Waals surface area contributed by atoms with E-state index in [1.807, 2.05) is 23.6 Å². The topological polar surface area (TPSA) is 17.1 Å². The zero-order chi connectivity index (χ0) is 8.97. The standard InChI is InChI=1S/C9H9BrOS/c1-7(11)9-5-8(6-12-9)3-2-4-10/h2-3,5-6H,4H2,1H3. The second-order valence-electron chi connectivity index (χ2n) is 2.36. The minimum Gasteiger partial charge on any atom is -0.294 e. The molecule has 0 saturated heterocycles. The number of carbonyl (C=O) groups is 1. The van der Waals surface area contributed by atoms with Gasteiger partial charge in [-0.25, -0.2) is 0 Å². The Morgan fingerprint density at radius 2 is 2.50 bits per heavy atom. The monoisotopic (exact) mass is 244 g/mol. The first kappa shape index (κ1) is 9.68. The quantitative estimate of drug-likeness (QED) is 0.589. The third kappa shape index (κ3) is 2.57. The molecule has 0 spiro atoms. The molecular formula is C9H9BrOS. The van der Waals surface area contributed by atoms with E-state index in [9.17, 15) is 4.79 Å². The number of carbonyl (C=O) groups excluding carboxylic acids is 1. The highest BCUT2D eigenvalue weighted by atomic mass is 79.9. The summed E-state index contributed by atoms with van der Waals surface area (Å²) in [5, 5.41) is 2.83. The average Bonchev–Trinajstić information content (AvgIpc) is 2.48. The average molecular weight is 245 g/mol. The normalized spacial score (nSPS) is 10.8. The van der Waals surface area contributed by atoms with Gasteiger partial charge in [-0.2, -0.15) is 0 Å². The lowest BCUT2D eigenvalue weighted by atomic mass is 10.2. The van der Waals surface area contributed by atoms with Crippen LogP contribution in [-0.2, 0) is 0 Å². The largest absolute Gasteiger partial charge is 0.294 e. The summed E-state index contributed by atoms with van der Waals surface area (Å²) < 4.78 is 0. The lowest BCUT2D eigenvalue weighted by Crippen LogP contribution is -1.83. The van der Waals surface area contributed by atoms with Crippen LogP contribution in [0, 0.1) is 0 Å². The fraction of sp³-hybridized carbons (Fsp3) is 0.222. The summed E-state index contributed by atoms with van der Waals surface area (Å²) in [6.45, 7) is 1.59. The van der Waals surface area contributed by atoms with Crippen LogP contribution in [0.25, 0.3) is 6.08 Å². The molecule has 0 aliphatic heterocycles. The van der Waals surface area contributed by atoms with Crippen molar-refractivity contribution < 1.29 is 4.79 Å². The number of halogens is 1. The lowest BCUT2D eigenvalue weighted by Gasteiger charge is -1.82. The third-order valence-electron chi connectivity index (χ3n) is 1.37. The molecule has 0 amide bonds. The van der Waals surface area contributed by atoms with Gasteiger partial charge in [-0.05, 0) is 23.9 Å². The molecule has 0 unspecified atom stereocenters. The second kappa shape index (κ2) is 4.58.